The number of carbonyl (C=O) groups is 1. The minimum atomic E-state index is -0.201. The van der Waals surface area contributed by atoms with Crippen LogP contribution in [-0.2, 0) is 4.79 Å². The summed E-state index contributed by atoms with van der Waals surface area (Å²) in [6, 6.07) is 0. The Morgan fingerprint density at radius 1 is 1.50 bits per heavy atom. The number of likely N-dealkylation sites (N-methyl/N-ethyl adjacent to an activating group) is 1. The van der Waals surface area contributed by atoms with Crippen LogP contribution in [0, 0.1) is 0 Å². The van der Waals surface area contributed by atoms with Gasteiger partial charge in [0.15, 0.2) is 0 Å². The molecule has 4 heteroatoms. The lowest BCUT2D eigenvalue weighted by atomic mass is 10.3. The molecule has 1 amide bonds. The molecule has 0 rings (SSSR count). The normalized spacial score (nSPS) is 12.5. The van der Waals surface area contributed by atoms with Gasteiger partial charge in [-0.05, 0) is 18.8 Å². The van der Waals surface area contributed by atoms with E-state index in [1.807, 2.05) is 0 Å². The van der Waals surface area contributed by atoms with E-state index in [9.17, 15) is 4.79 Å². The van der Waals surface area contributed by atoms with Crippen molar-refractivity contribution in [2.24, 2.45) is 5.84 Å². The third-order valence-corrected chi connectivity index (χ3v) is 1.52. The highest BCUT2D eigenvalue weighted by Gasteiger charge is 2.07. The van der Waals surface area contributed by atoms with Gasteiger partial charge in [-0.2, -0.15) is 0 Å². The molecule has 58 valence electrons. The van der Waals surface area contributed by atoms with Crippen LogP contribution in [-0.4, -0.2) is 18.0 Å². The summed E-state index contributed by atoms with van der Waals surface area (Å²) in [4.78, 5) is 11.7. The highest BCUT2D eigenvalue weighted by molar-refractivity contribution is 7.84. The summed E-state index contributed by atoms with van der Waals surface area (Å²) in [5, 5.41) is 1.04. The number of amides is 1. The van der Waals surface area contributed by atoms with Crippen LogP contribution in [0.3, 0.4) is 0 Å². The van der Waals surface area contributed by atoms with E-state index < -0.39 is 0 Å². The Morgan fingerprint density at radius 3 is 2.00 bits per heavy atom. The Hall–Kier alpha value is -0.480. The molecule has 0 unspecified atom stereocenters. The fraction of sp³-hybridized carbons (Fsp3) is 0.500. The lowest BCUT2D eigenvalue weighted by Gasteiger charge is -2.10. The Bertz CT molecular complexity index is 171. The quantitative estimate of drug-likeness (QED) is 0.193. The van der Waals surface area contributed by atoms with E-state index in [-0.39, 0.29) is 5.91 Å². The maximum atomic E-state index is 11.0. The predicted octanol–water partition coefficient (Wildman–Crippen LogP) is 0.542. The first kappa shape index (κ1) is 9.52. The second-order valence-corrected chi connectivity index (χ2v) is 2.80. The van der Waals surface area contributed by atoms with Crippen molar-refractivity contribution in [3.05, 3.63) is 10.5 Å². The molecule has 0 atom stereocenters. The topological polar surface area (TPSA) is 46.3 Å². The van der Waals surface area contributed by atoms with Gasteiger partial charge in [-0.3, -0.25) is 9.80 Å². The molecule has 0 saturated heterocycles. The molecular formula is C6H12N2OS. The zero-order valence-corrected chi connectivity index (χ0v) is 7.27. The van der Waals surface area contributed by atoms with E-state index in [1.165, 1.54) is 7.05 Å². The average Bonchev–Trinajstić information content (AvgIpc) is 1.84. The Labute approximate surface area is 66.3 Å². The van der Waals surface area contributed by atoms with Crippen molar-refractivity contribution in [3.63, 3.8) is 0 Å². The third-order valence-electron chi connectivity index (χ3n) is 1.18. The predicted molar refractivity (Wildman–Crippen MR) is 44.3 cm³/mol. The lowest BCUT2D eigenvalue weighted by Crippen LogP contribution is -2.33. The van der Waals surface area contributed by atoms with Gasteiger partial charge in [0.1, 0.15) is 0 Å². The molecule has 2 N–H and O–H groups in total. The second kappa shape index (κ2) is 3.63. The zero-order valence-electron chi connectivity index (χ0n) is 6.38. The number of thiol groups is 1. The van der Waals surface area contributed by atoms with Crippen molar-refractivity contribution in [1.29, 1.82) is 0 Å². The van der Waals surface area contributed by atoms with Crippen LogP contribution in [0.2, 0.25) is 0 Å². The van der Waals surface area contributed by atoms with Gasteiger partial charge in [0.25, 0.3) is 5.91 Å². The summed E-state index contributed by atoms with van der Waals surface area (Å²) < 4.78 is 0. The SMILES string of the molecule is C/C(S)=C(/C)C(=O)N(C)N. The van der Waals surface area contributed by atoms with E-state index in [0.717, 1.165) is 5.01 Å². The molecule has 0 aliphatic heterocycles. The number of rotatable bonds is 1. The summed E-state index contributed by atoms with van der Waals surface area (Å²) in [5.41, 5.74) is 0.577. The van der Waals surface area contributed by atoms with Gasteiger partial charge in [0, 0.05) is 12.6 Å². The van der Waals surface area contributed by atoms with Crippen molar-refractivity contribution in [2.75, 3.05) is 7.05 Å². The molecule has 0 aromatic heterocycles. The highest BCUT2D eigenvalue weighted by atomic mass is 32.1. The molecule has 0 bridgehead atoms. The van der Waals surface area contributed by atoms with E-state index in [2.05, 4.69) is 12.6 Å². The maximum absolute atomic E-state index is 11.0. The monoisotopic (exact) mass is 160 g/mol. The zero-order chi connectivity index (χ0) is 8.31. The maximum Gasteiger partial charge on any atom is 0.263 e. The number of hydrogen-bond donors (Lipinski definition) is 2. The summed E-state index contributed by atoms with van der Waals surface area (Å²) in [7, 11) is 1.50. The van der Waals surface area contributed by atoms with Crippen molar-refractivity contribution >= 4 is 18.5 Å². The first-order chi connectivity index (χ1) is 4.46. The lowest BCUT2D eigenvalue weighted by molar-refractivity contribution is -0.126. The molecule has 10 heavy (non-hydrogen) atoms. The molecule has 0 heterocycles. The van der Waals surface area contributed by atoms with Crippen LogP contribution in [0.1, 0.15) is 13.8 Å². The third kappa shape index (κ3) is 2.41. The smallest absolute Gasteiger partial charge is 0.263 e. The molecule has 0 aliphatic carbocycles. The van der Waals surface area contributed by atoms with Gasteiger partial charge in [-0.15, -0.1) is 12.6 Å². The number of nitrogens with two attached hydrogens (primary N) is 1. The van der Waals surface area contributed by atoms with Gasteiger partial charge < -0.3 is 0 Å². The molecule has 3 nitrogen and oxygen atoms in total. The van der Waals surface area contributed by atoms with Crippen LogP contribution in [0.5, 0.6) is 0 Å². The fourth-order valence-corrected chi connectivity index (χ4v) is 0.515. The number of carbonyl (C=O) groups excluding carboxylic acids is 1. The number of nitrogens with zero attached hydrogens (tertiary/aromatic N) is 1. The van der Waals surface area contributed by atoms with Crippen molar-refractivity contribution in [2.45, 2.75) is 13.8 Å². The molecule has 0 saturated carbocycles. The van der Waals surface area contributed by atoms with Crippen LogP contribution >= 0.6 is 12.6 Å². The summed E-state index contributed by atoms with van der Waals surface area (Å²) in [5.74, 6) is 4.99. The van der Waals surface area contributed by atoms with E-state index in [4.69, 9.17) is 5.84 Å². The number of hydrogen-bond acceptors (Lipinski definition) is 3. The highest BCUT2D eigenvalue weighted by Crippen LogP contribution is 2.07. The van der Waals surface area contributed by atoms with Crippen molar-refractivity contribution in [3.8, 4) is 0 Å². The van der Waals surface area contributed by atoms with Crippen LogP contribution in [0.25, 0.3) is 0 Å². The molecule has 0 aromatic rings. The fourth-order valence-electron chi connectivity index (χ4n) is 0.419. The van der Waals surface area contributed by atoms with Crippen molar-refractivity contribution < 1.29 is 4.79 Å². The van der Waals surface area contributed by atoms with Crippen LogP contribution in [0.15, 0.2) is 10.5 Å². The summed E-state index contributed by atoms with van der Waals surface area (Å²) in [6.45, 7) is 3.44. The minimum Gasteiger partial charge on any atom is -0.280 e. The van der Waals surface area contributed by atoms with E-state index in [1.54, 1.807) is 13.8 Å². The Balaban J connectivity index is 4.38. The van der Waals surface area contributed by atoms with Crippen LogP contribution in [0.4, 0.5) is 0 Å². The van der Waals surface area contributed by atoms with Gasteiger partial charge in [0.2, 0.25) is 0 Å². The Morgan fingerprint density at radius 2 is 1.90 bits per heavy atom. The average molecular weight is 160 g/mol. The number of hydrazine groups is 1. The van der Waals surface area contributed by atoms with E-state index >= 15 is 0 Å². The van der Waals surface area contributed by atoms with E-state index in [0.29, 0.717) is 10.5 Å². The molecular weight excluding hydrogens is 148 g/mol. The standard InChI is InChI=1S/C6H12N2OS/c1-4(5(2)10)6(9)8(3)7/h10H,7H2,1-3H3/b5-4+. The van der Waals surface area contributed by atoms with Crippen molar-refractivity contribution in [1.82, 2.24) is 5.01 Å². The number of allylic oxidation sites excluding steroid dienone is 1. The largest absolute Gasteiger partial charge is 0.280 e. The summed E-state index contributed by atoms with van der Waals surface area (Å²) >= 11 is 4.00. The van der Waals surface area contributed by atoms with Gasteiger partial charge in [0.05, 0.1) is 0 Å². The Kier molecular flexibility index (Phi) is 3.46. The first-order valence-corrected chi connectivity index (χ1v) is 3.30. The van der Waals surface area contributed by atoms with Gasteiger partial charge in [-0.25, -0.2) is 5.84 Å². The van der Waals surface area contributed by atoms with Crippen LogP contribution < -0.4 is 5.84 Å². The molecule has 0 aromatic carbocycles. The molecule has 0 fully saturated rings. The minimum absolute atomic E-state index is 0.201. The molecule has 0 spiro atoms. The summed E-state index contributed by atoms with van der Waals surface area (Å²) in [6.07, 6.45) is 0. The second-order valence-electron chi connectivity index (χ2n) is 2.13. The van der Waals surface area contributed by atoms with Gasteiger partial charge in [-0.1, -0.05) is 0 Å². The molecule has 0 aliphatic rings. The van der Waals surface area contributed by atoms with Gasteiger partial charge >= 0.3 is 0 Å². The molecule has 0 radical (unpaired) electrons. The first-order valence-electron chi connectivity index (χ1n) is 2.86.